The van der Waals surface area contributed by atoms with Crippen molar-refractivity contribution >= 4 is 11.7 Å². The van der Waals surface area contributed by atoms with Crippen molar-refractivity contribution in [2.75, 3.05) is 18.4 Å². The van der Waals surface area contributed by atoms with Crippen LogP contribution in [0.1, 0.15) is 37.3 Å². The summed E-state index contributed by atoms with van der Waals surface area (Å²) in [6.07, 6.45) is -0.340. The van der Waals surface area contributed by atoms with E-state index in [1.165, 1.54) is 12.1 Å². The predicted molar refractivity (Wildman–Crippen MR) is 101 cm³/mol. The van der Waals surface area contributed by atoms with Gasteiger partial charge in [-0.2, -0.15) is 18.3 Å². The zero-order valence-electron chi connectivity index (χ0n) is 15.9. The van der Waals surface area contributed by atoms with Crippen LogP contribution in [-0.4, -0.2) is 33.7 Å². The molecule has 0 spiro atoms. The summed E-state index contributed by atoms with van der Waals surface area (Å²) >= 11 is 0. The summed E-state index contributed by atoms with van der Waals surface area (Å²) in [5.41, 5.74) is 0.0552. The van der Waals surface area contributed by atoms with Crippen molar-refractivity contribution in [2.24, 2.45) is 5.92 Å². The number of carbonyl (C=O) groups is 1. The lowest BCUT2D eigenvalue weighted by atomic mass is 9.93. The fourth-order valence-corrected chi connectivity index (χ4v) is 3.51. The van der Waals surface area contributed by atoms with E-state index < -0.39 is 11.7 Å². The van der Waals surface area contributed by atoms with Gasteiger partial charge in [0.15, 0.2) is 5.82 Å². The van der Waals surface area contributed by atoms with Crippen molar-refractivity contribution in [3.63, 3.8) is 0 Å². The molecule has 2 heterocycles. The van der Waals surface area contributed by atoms with Gasteiger partial charge in [0.05, 0.1) is 5.56 Å². The molecule has 0 bridgehead atoms. The molecule has 1 N–H and O–H groups in total. The molecule has 1 aliphatic heterocycles. The van der Waals surface area contributed by atoms with Gasteiger partial charge in [0.2, 0.25) is 5.91 Å². The van der Waals surface area contributed by atoms with Crippen molar-refractivity contribution in [1.82, 2.24) is 14.7 Å². The number of nitrogens with one attached hydrogen (secondary N) is 1. The van der Waals surface area contributed by atoms with E-state index in [9.17, 15) is 18.0 Å². The molecule has 1 aromatic carbocycles. The Balaban J connectivity index is 1.45. The van der Waals surface area contributed by atoms with E-state index in [-0.39, 0.29) is 11.8 Å². The minimum absolute atomic E-state index is 0.0438. The molecular formula is C20H25F3N4O. The maximum absolute atomic E-state index is 12.8. The summed E-state index contributed by atoms with van der Waals surface area (Å²) in [7, 11) is 0. The Morgan fingerprint density at radius 3 is 2.64 bits per heavy atom. The summed E-state index contributed by atoms with van der Waals surface area (Å²) in [6.45, 7) is 4.78. The maximum Gasteiger partial charge on any atom is 0.416 e. The Morgan fingerprint density at radius 2 is 2.00 bits per heavy atom. The Kier molecular flexibility index (Phi) is 6.39. The van der Waals surface area contributed by atoms with Gasteiger partial charge in [0.25, 0.3) is 0 Å². The Hall–Kier alpha value is -2.35. The number of halogens is 3. The fourth-order valence-electron chi connectivity index (χ4n) is 3.51. The second-order valence-electron chi connectivity index (χ2n) is 7.23. The average molecular weight is 394 g/mol. The number of aromatic nitrogens is 2. The summed E-state index contributed by atoms with van der Waals surface area (Å²) in [6, 6.07) is 7.27. The van der Waals surface area contributed by atoms with Crippen molar-refractivity contribution in [1.29, 1.82) is 0 Å². The van der Waals surface area contributed by atoms with E-state index >= 15 is 0 Å². The van der Waals surface area contributed by atoms with E-state index in [0.717, 1.165) is 38.5 Å². The van der Waals surface area contributed by atoms with Gasteiger partial charge < -0.3 is 5.32 Å². The van der Waals surface area contributed by atoms with Crippen LogP contribution >= 0.6 is 0 Å². The number of rotatable bonds is 6. The molecule has 0 saturated carbocycles. The topological polar surface area (TPSA) is 50.2 Å². The Bertz CT molecular complexity index is 795. The molecule has 0 radical (unpaired) electrons. The summed E-state index contributed by atoms with van der Waals surface area (Å²) < 4.78 is 40.3. The van der Waals surface area contributed by atoms with E-state index in [1.54, 1.807) is 16.8 Å². The third-order valence-electron chi connectivity index (χ3n) is 5.07. The zero-order valence-corrected chi connectivity index (χ0v) is 15.9. The lowest BCUT2D eigenvalue weighted by Crippen LogP contribution is -2.34. The summed E-state index contributed by atoms with van der Waals surface area (Å²) in [5.74, 6) is 0.803. The van der Waals surface area contributed by atoms with Crippen LogP contribution in [0.3, 0.4) is 0 Å². The van der Waals surface area contributed by atoms with Gasteiger partial charge in [-0.25, -0.2) is 0 Å². The first kappa shape index (κ1) is 20.4. The number of nitrogens with zero attached hydrogens (tertiary/aromatic N) is 3. The molecule has 1 amide bonds. The van der Waals surface area contributed by atoms with Crippen LogP contribution in [0.2, 0.25) is 0 Å². The number of benzene rings is 1. The minimum Gasteiger partial charge on any atom is -0.309 e. The first-order valence-electron chi connectivity index (χ1n) is 9.55. The third kappa shape index (κ3) is 5.58. The maximum atomic E-state index is 12.8. The van der Waals surface area contributed by atoms with E-state index in [2.05, 4.69) is 15.3 Å². The number of hydrogen-bond acceptors (Lipinski definition) is 3. The fraction of sp³-hybridized carbons (Fsp3) is 0.500. The lowest BCUT2D eigenvalue weighted by Gasteiger charge is -2.31. The second-order valence-corrected chi connectivity index (χ2v) is 7.23. The average Bonchev–Trinajstić information content (AvgIpc) is 3.10. The Morgan fingerprint density at radius 1 is 1.25 bits per heavy atom. The van der Waals surface area contributed by atoms with Crippen LogP contribution < -0.4 is 5.32 Å². The number of piperidine rings is 1. The number of likely N-dealkylation sites (tertiary alicyclic amines) is 1. The number of aryl methyl sites for hydroxylation is 1. The predicted octanol–water partition coefficient (Wildman–Crippen LogP) is 4.16. The summed E-state index contributed by atoms with van der Waals surface area (Å²) in [5, 5.41) is 7.07. The second kappa shape index (κ2) is 8.77. The SMILES string of the molecule is CCn1ccc(NC(=O)CC2CCN(Cc3cccc(C(F)(F)F)c3)CC2)n1. The molecule has 28 heavy (non-hydrogen) atoms. The highest BCUT2D eigenvalue weighted by molar-refractivity contribution is 5.89. The quantitative estimate of drug-likeness (QED) is 0.800. The first-order valence-corrected chi connectivity index (χ1v) is 9.55. The van der Waals surface area contributed by atoms with Crippen molar-refractivity contribution < 1.29 is 18.0 Å². The Labute approximate surface area is 162 Å². The monoisotopic (exact) mass is 394 g/mol. The van der Waals surface area contributed by atoms with E-state index in [0.29, 0.717) is 24.3 Å². The van der Waals surface area contributed by atoms with Crippen LogP contribution in [0.4, 0.5) is 19.0 Å². The van der Waals surface area contributed by atoms with Gasteiger partial charge in [-0.15, -0.1) is 0 Å². The highest BCUT2D eigenvalue weighted by Crippen LogP contribution is 2.30. The molecule has 1 fully saturated rings. The molecule has 2 aromatic rings. The largest absolute Gasteiger partial charge is 0.416 e. The number of alkyl halides is 3. The molecule has 0 aliphatic carbocycles. The van der Waals surface area contributed by atoms with Crippen LogP contribution in [-0.2, 0) is 24.1 Å². The van der Waals surface area contributed by atoms with Gasteiger partial charge in [-0.1, -0.05) is 18.2 Å². The smallest absolute Gasteiger partial charge is 0.309 e. The van der Waals surface area contributed by atoms with Gasteiger partial charge in [-0.05, 0) is 50.4 Å². The van der Waals surface area contributed by atoms with Crippen molar-refractivity contribution in [2.45, 2.75) is 45.5 Å². The highest BCUT2D eigenvalue weighted by atomic mass is 19.4. The van der Waals surface area contributed by atoms with Crippen molar-refractivity contribution in [3.05, 3.63) is 47.7 Å². The number of anilines is 1. The van der Waals surface area contributed by atoms with Gasteiger partial charge in [0.1, 0.15) is 0 Å². The molecule has 5 nitrogen and oxygen atoms in total. The number of carbonyl (C=O) groups excluding carboxylic acids is 1. The van der Waals surface area contributed by atoms with E-state index in [1.807, 2.05) is 13.1 Å². The highest BCUT2D eigenvalue weighted by Gasteiger charge is 2.30. The zero-order chi connectivity index (χ0) is 20.1. The number of hydrogen-bond donors (Lipinski definition) is 1. The van der Waals surface area contributed by atoms with Crippen LogP contribution in [0.5, 0.6) is 0 Å². The van der Waals surface area contributed by atoms with Crippen molar-refractivity contribution in [3.8, 4) is 0 Å². The molecular weight excluding hydrogens is 369 g/mol. The van der Waals surface area contributed by atoms with Crippen LogP contribution in [0.25, 0.3) is 0 Å². The normalized spacial score (nSPS) is 16.3. The summed E-state index contributed by atoms with van der Waals surface area (Å²) in [4.78, 5) is 14.3. The molecule has 8 heteroatoms. The molecule has 1 aromatic heterocycles. The molecule has 3 rings (SSSR count). The minimum atomic E-state index is -4.32. The number of amides is 1. The van der Waals surface area contributed by atoms with Gasteiger partial charge >= 0.3 is 6.18 Å². The van der Waals surface area contributed by atoms with E-state index in [4.69, 9.17) is 0 Å². The molecule has 0 atom stereocenters. The van der Waals surface area contributed by atoms with Gasteiger partial charge in [-0.3, -0.25) is 14.4 Å². The van der Waals surface area contributed by atoms with Gasteiger partial charge in [0, 0.05) is 31.8 Å². The third-order valence-corrected chi connectivity index (χ3v) is 5.07. The molecule has 1 saturated heterocycles. The van der Waals surface area contributed by atoms with Crippen LogP contribution in [0, 0.1) is 5.92 Å². The van der Waals surface area contributed by atoms with Crippen LogP contribution in [0.15, 0.2) is 36.5 Å². The standard InChI is InChI=1S/C20H25F3N4O/c1-2-27-11-8-18(25-27)24-19(28)13-15-6-9-26(10-7-15)14-16-4-3-5-17(12-16)20(21,22)23/h3-5,8,11-12,15H,2,6-7,9-10,13-14H2,1H3,(H,24,25,28). The molecule has 0 unspecified atom stereocenters. The lowest BCUT2D eigenvalue weighted by molar-refractivity contribution is -0.137. The molecule has 1 aliphatic rings. The first-order chi connectivity index (χ1) is 13.3. The molecule has 152 valence electrons.